The van der Waals surface area contributed by atoms with Gasteiger partial charge in [0, 0.05) is 46.1 Å². The van der Waals surface area contributed by atoms with Crippen LogP contribution in [-0.2, 0) is 20.9 Å². The molecule has 5 nitrogen and oxygen atoms in total. The molecule has 2 N–H and O–H groups in total. The molecule has 37 heavy (non-hydrogen) atoms. The number of ketones is 1. The molecule has 0 aromatic carbocycles. The number of hydrogen-bond acceptors (Lipinski definition) is 5. The predicted molar refractivity (Wildman–Crippen MR) is 202 cm³/mol. The second kappa shape index (κ2) is 34.3. The van der Waals surface area contributed by atoms with E-state index in [4.69, 9.17) is 17.3 Å². The summed E-state index contributed by atoms with van der Waals surface area (Å²) in [6, 6.07) is 3.72. The first-order valence-corrected chi connectivity index (χ1v) is 27.5. The number of anilines is 1. The van der Waals surface area contributed by atoms with Crippen molar-refractivity contribution in [1.82, 2.24) is 9.97 Å². The molecule has 0 radical (unpaired) electrons. The Bertz CT molecular complexity index is 805. The zero-order valence-corrected chi connectivity index (χ0v) is 36.1. The molecule has 0 aliphatic carbocycles. The van der Waals surface area contributed by atoms with Crippen molar-refractivity contribution in [3.8, 4) is 0 Å². The molecular formula is C24H37Br2ClI4N3O2V. The van der Waals surface area contributed by atoms with Crippen LogP contribution in [0.5, 0.6) is 0 Å². The van der Waals surface area contributed by atoms with E-state index in [1.165, 1.54) is 4.43 Å². The van der Waals surface area contributed by atoms with Gasteiger partial charge in [-0.1, -0.05) is 57.2 Å². The van der Waals surface area contributed by atoms with Gasteiger partial charge in [0.2, 0.25) is 0 Å². The van der Waals surface area contributed by atoms with Gasteiger partial charge in [0.1, 0.15) is 5.78 Å². The van der Waals surface area contributed by atoms with Crippen LogP contribution in [0, 0.1) is 26.2 Å². The Balaban J connectivity index is -0.000000123. The number of Topliss-reactive ketones (excluding diaryl/α,β-unsaturated/α-hetero) is 1. The number of nitrogens with two attached hydrogens (primary N) is 1. The number of aromatic nitrogens is 2. The number of alkyl halides is 1. The van der Waals surface area contributed by atoms with Gasteiger partial charge in [-0.15, -0.1) is 0 Å². The summed E-state index contributed by atoms with van der Waals surface area (Å²) in [5.41, 5.74) is 7.01. The van der Waals surface area contributed by atoms with Crippen molar-refractivity contribution in [2.75, 3.05) is 10.2 Å². The molecule has 0 fully saturated rings. The van der Waals surface area contributed by atoms with Crippen LogP contribution < -0.4 is 5.73 Å². The number of halogens is 7. The number of nitrogen functional groups attached to an aromatic ring is 1. The van der Waals surface area contributed by atoms with Crippen molar-refractivity contribution in [2.45, 2.75) is 48.0 Å². The average molecular weight is 1150 g/mol. The molecule has 0 saturated carbocycles. The molecule has 0 aliphatic heterocycles. The number of carbonyl (C=O) groups excluding carboxylic acids is 2. The minimum atomic E-state index is -0.380. The van der Waals surface area contributed by atoms with E-state index < -0.39 is 0 Å². The summed E-state index contributed by atoms with van der Waals surface area (Å²) in [5, 5.41) is -0.380. The second-order valence-electron chi connectivity index (χ2n) is 6.41. The number of pyridine rings is 2. The maximum atomic E-state index is 11.4. The van der Waals surface area contributed by atoms with Gasteiger partial charge in [0.15, 0.2) is 5.92 Å². The zero-order chi connectivity index (χ0) is 29.3. The first-order chi connectivity index (χ1) is 16.7. The van der Waals surface area contributed by atoms with Gasteiger partial charge < -0.3 is 13.2 Å². The second-order valence-corrected chi connectivity index (χ2v) is 45.5. The number of hydrogen-bond donors (Lipinski definition) is 1. The molecule has 0 saturated heterocycles. The third-order valence-corrected chi connectivity index (χ3v) is 4.14. The summed E-state index contributed by atoms with van der Waals surface area (Å²) < 4.78 is 3.05. The van der Waals surface area contributed by atoms with Crippen LogP contribution in [0.25, 0.3) is 0 Å². The summed E-state index contributed by atoms with van der Waals surface area (Å²) in [4.78, 5) is 28.8. The molecule has 0 spiro atoms. The van der Waals surface area contributed by atoms with E-state index in [0.717, 1.165) is 14.5 Å². The van der Waals surface area contributed by atoms with Crippen molar-refractivity contribution in [3.05, 3.63) is 65.8 Å². The third kappa shape index (κ3) is 42.7. The van der Waals surface area contributed by atoms with Crippen molar-refractivity contribution < 1.29 is 14.5 Å². The van der Waals surface area contributed by atoms with Gasteiger partial charge in [-0.05, 0) is 72.5 Å². The van der Waals surface area contributed by atoms with Crippen LogP contribution >= 0.6 is 126 Å². The molecule has 0 amide bonds. The summed E-state index contributed by atoms with van der Waals surface area (Å²) in [5.74, 6) is 0.0746. The van der Waals surface area contributed by atoms with Crippen molar-refractivity contribution in [2.24, 2.45) is 11.8 Å². The zero-order valence-electron chi connectivity index (χ0n) is 22.1. The number of rotatable bonds is 4. The SMILES string of the molecule is CC.CC(C)C(=O)Cc1cncc(Br)c1.CCI.Nc1cncc(Br)c1.[CH2+]C(C)C(=O)Cl.[CH3-].[I][V]([I])[I]. The topological polar surface area (TPSA) is 85.9 Å². The fraction of sp³-hybridized carbons (Fsp3) is 0.417. The molecule has 2 rings (SSSR count). The number of nitrogens with zero attached hydrogens (tertiary/aromatic N) is 2. The standard InChI is InChI=1S/C10H12BrNO.C5H5BrN2.C4H6ClO.C2H5I.C2H6.CH3.3HI.V/c1-7(2)10(13)4-8-3-9(11)6-12-5-8;6-4-1-5(7)3-8-2-4;1-3(2)4(5)6;1-2-3;1-2;;;;;/h3,5-7H,4H2,1-2H3;1-3H,7H2;3H,1H2,2H3;2H2,1H3;1-2H3;1H3;3*1H;/q;;+1;;;-1;;;;+3/p-3. The quantitative estimate of drug-likeness (QED) is 0.143. The van der Waals surface area contributed by atoms with Gasteiger partial charge in [-0.25, -0.2) is 0 Å². The Hall–Kier alpha value is 2.06. The fourth-order valence-electron chi connectivity index (χ4n) is 1.39. The van der Waals surface area contributed by atoms with Crippen molar-refractivity contribution >= 4 is 143 Å². The molecule has 0 bridgehead atoms. The molecule has 2 heterocycles. The van der Waals surface area contributed by atoms with E-state index in [1.807, 2.05) is 33.8 Å². The molecule has 2 aromatic rings. The van der Waals surface area contributed by atoms with Crippen LogP contribution in [0.2, 0.25) is 0 Å². The molecule has 1 unspecified atom stereocenters. The van der Waals surface area contributed by atoms with Crippen molar-refractivity contribution in [1.29, 1.82) is 0 Å². The van der Waals surface area contributed by atoms with Crippen LogP contribution in [0.1, 0.15) is 47.1 Å². The van der Waals surface area contributed by atoms with E-state index in [-0.39, 0.29) is 35.2 Å². The fourth-order valence-corrected chi connectivity index (χ4v) is 2.18. The normalized spacial score (nSPS) is 9.49. The van der Waals surface area contributed by atoms with Gasteiger partial charge in [-0.3, -0.25) is 19.6 Å². The van der Waals surface area contributed by atoms with E-state index >= 15 is 0 Å². The average Bonchev–Trinajstić information content (AvgIpc) is 2.76. The van der Waals surface area contributed by atoms with Gasteiger partial charge in [0.05, 0.1) is 12.6 Å². The Morgan fingerprint density at radius 3 is 1.62 bits per heavy atom. The summed E-state index contributed by atoms with van der Waals surface area (Å²) >= 11 is 21.1. The molecule has 1 atom stereocenters. The Labute approximate surface area is 298 Å². The van der Waals surface area contributed by atoms with Crippen LogP contribution in [0.3, 0.4) is 0 Å². The third-order valence-electron chi connectivity index (χ3n) is 2.90. The van der Waals surface area contributed by atoms with E-state index in [9.17, 15) is 9.59 Å². The Morgan fingerprint density at radius 1 is 1.03 bits per heavy atom. The van der Waals surface area contributed by atoms with Crippen molar-refractivity contribution in [3.63, 3.8) is 0 Å². The molecular weight excluding hydrogens is 1120 g/mol. The van der Waals surface area contributed by atoms with Gasteiger partial charge >= 0.3 is 64.9 Å². The number of carbonyl (C=O) groups is 2. The minimum absolute atomic E-state index is 0. The van der Waals surface area contributed by atoms with E-state index in [0.29, 0.717) is 12.1 Å². The Morgan fingerprint density at radius 2 is 1.38 bits per heavy atom. The van der Waals surface area contributed by atoms with Gasteiger partial charge in [0.25, 0.3) is 5.24 Å². The molecule has 0 aliphatic rings. The predicted octanol–water partition coefficient (Wildman–Crippen LogP) is 10.8. The van der Waals surface area contributed by atoms with Crippen LogP contribution in [0.4, 0.5) is 5.69 Å². The summed E-state index contributed by atoms with van der Waals surface area (Å²) in [6.45, 7) is 14.9. The molecule has 2 aromatic heterocycles. The van der Waals surface area contributed by atoms with E-state index in [1.54, 1.807) is 37.8 Å². The van der Waals surface area contributed by atoms with Crippen LogP contribution in [-0.4, -0.2) is 25.4 Å². The maximum absolute atomic E-state index is 11.4. The van der Waals surface area contributed by atoms with Gasteiger partial charge in [-0.2, -0.15) is 0 Å². The summed E-state index contributed by atoms with van der Waals surface area (Å²) in [7, 11) is 0. The first kappa shape index (κ1) is 48.8. The summed E-state index contributed by atoms with van der Waals surface area (Å²) in [6.07, 6.45) is 7.21. The van der Waals surface area contributed by atoms with Crippen LogP contribution in [0.15, 0.2) is 45.9 Å². The first-order valence-electron chi connectivity index (χ1n) is 10.5. The molecule has 214 valence electrons. The van der Waals surface area contributed by atoms with E-state index in [2.05, 4.69) is 138 Å². The molecule has 13 heteroatoms. The Kier molecular flexibility index (Phi) is 45.2. The monoisotopic (exact) mass is 1150 g/mol.